The molecule has 0 radical (unpaired) electrons. The number of ether oxygens (including phenoxy) is 1. The second kappa shape index (κ2) is 10.6. The fourth-order valence-electron chi connectivity index (χ4n) is 1.98. The second-order valence-corrected chi connectivity index (χ2v) is 7.26. The lowest BCUT2D eigenvalue weighted by atomic mass is 9.92. The van der Waals surface area contributed by atoms with Crippen molar-refractivity contribution in [1.29, 1.82) is 0 Å². The van der Waals surface area contributed by atoms with Crippen molar-refractivity contribution in [1.82, 2.24) is 16.0 Å². The van der Waals surface area contributed by atoms with Crippen LogP contribution in [0.15, 0.2) is 29.7 Å². The number of carbonyl (C=O) groups excluding carboxylic acids is 2. The van der Waals surface area contributed by atoms with Gasteiger partial charge in [-0.05, 0) is 12.3 Å². The summed E-state index contributed by atoms with van der Waals surface area (Å²) in [5.74, 6) is -0.563. The van der Waals surface area contributed by atoms with Crippen LogP contribution in [0.1, 0.15) is 34.6 Å². The lowest BCUT2D eigenvalue weighted by molar-refractivity contribution is -0.128. The zero-order chi connectivity index (χ0) is 20.4. The highest BCUT2D eigenvalue weighted by molar-refractivity contribution is 6.14. The molecule has 0 saturated heterocycles. The first-order valence-corrected chi connectivity index (χ1v) is 8.41. The number of primary amides is 1. The lowest BCUT2D eigenvalue weighted by Crippen LogP contribution is -2.66. The van der Waals surface area contributed by atoms with Crippen LogP contribution in [0.25, 0.3) is 0 Å². The van der Waals surface area contributed by atoms with Crippen molar-refractivity contribution in [2.24, 2.45) is 16.1 Å². The lowest BCUT2D eigenvalue weighted by Gasteiger charge is -2.31. The van der Waals surface area contributed by atoms with Crippen LogP contribution in [0, 0.1) is 5.41 Å². The molecular formula is C18H33N5O3. The normalized spacial score (nSPS) is 14.6. The zero-order valence-corrected chi connectivity index (χ0v) is 16.7. The third-order valence-corrected chi connectivity index (χ3v) is 3.36. The molecule has 0 saturated carbocycles. The number of amides is 2. The fraction of sp³-hybridized carbons (Fsp3) is 0.611. The van der Waals surface area contributed by atoms with Crippen molar-refractivity contribution in [2.45, 2.75) is 40.2 Å². The van der Waals surface area contributed by atoms with Crippen LogP contribution in [0.2, 0.25) is 0 Å². The molecule has 0 aromatic carbocycles. The summed E-state index contributed by atoms with van der Waals surface area (Å²) in [7, 11) is 1.72. The molecule has 26 heavy (non-hydrogen) atoms. The summed E-state index contributed by atoms with van der Waals surface area (Å²) in [5.41, 5.74) is 4.51. The van der Waals surface area contributed by atoms with Crippen LogP contribution in [-0.4, -0.2) is 49.8 Å². The highest BCUT2D eigenvalue weighted by Gasteiger charge is 2.40. The van der Waals surface area contributed by atoms with Crippen LogP contribution in [0.5, 0.6) is 0 Å². The minimum atomic E-state index is -1.45. The number of aliphatic imine (C=N–C) groups is 1. The molecule has 0 bridgehead atoms. The minimum absolute atomic E-state index is 0.0129. The molecule has 0 aliphatic heterocycles. The number of rotatable bonds is 11. The maximum absolute atomic E-state index is 12.2. The van der Waals surface area contributed by atoms with E-state index in [1.807, 2.05) is 0 Å². The van der Waals surface area contributed by atoms with Gasteiger partial charge in [-0.1, -0.05) is 27.4 Å². The average Bonchev–Trinajstić information content (AvgIpc) is 2.50. The largest absolute Gasteiger partial charge is 0.497 e. The Kier molecular flexibility index (Phi) is 9.64. The summed E-state index contributed by atoms with van der Waals surface area (Å²) in [4.78, 5) is 28.0. The summed E-state index contributed by atoms with van der Waals surface area (Å²) in [5, 5.41) is 8.47. The van der Waals surface area contributed by atoms with Crippen molar-refractivity contribution in [3.05, 3.63) is 24.7 Å². The van der Waals surface area contributed by atoms with Gasteiger partial charge in [0.25, 0.3) is 0 Å². The predicted octanol–water partition coefficient (Wildman–Crippen LogP) is 0.664. The number of nitrogens with one attached hydrogen (secondary N) is 3. The Morgan fingerprint density at radius 1 is 1.27 bits per heavy atom. The Morgan fingerprint density at radius 2 is 1.88 bits per heavy atom. The first kappa shape index (κ1) is 23.6. The molecule has 0 heterocycles. The van der Waals surface area contributed by atoms with Gasteiger partial charge < -0.3 is 26.4 Å². The molecule has 0 spiro atoms. The average molecular weight is 367 g/mol. The quantitative estimate of drug-likeness (QED) is 0.316. The Morgan fingerprint density at radius 3 is 2.35 bits per heavy atom. The molecule has 1 unspecified atom stereocenters. The molecule has 1 atom stereocenters. The first-order valence-electron chi connectivity index (χ1n) is 8.41. The third kappa shape index (κ3) is 8.66. The molecule has 0 aliphatic rings. The van der Waals surface area contributed by atoms with Crippen molar-refractivity contribution in [2.75, 3.05) is 26.7 Å². The molecular weight excluding hydrogens is 334 g/mol. The molecule has 0 rings (SSSR count). The number of nitrogens with zero attached hydrogens (tertiary/aromatic N) is 1. The van der Waals surface area contributed by atoms with Gasteiger partial charge in [-0.3, -0.25) is 14.6 Å². The topological polar surface area (TPSA) is 118 Å². The van der Waals surface area contributed by atoms with E-state index in [0.717, 1.165) is 0 Å². The van der Waals surface area contributed by atoms with Crippen molar-refractivity contribution in [3.8, 4) is 0 Å². The molecule has 0 aromatic rings. The van der Waals surface area contributed by atoms with Gasteiger partial charge in [0.15, 0.2) is 5.54 Å². The van der Waals surface area contributed by atoms with Gasteiger partial charge in [0.1, 0.15) is 5.76 Å². The summed E-state index contributed by atoms with van der Waals surface area (Å²) in [6.07, 6.45) is 3.08. The maximum Gasteiger partial charge on any atom is 0.250 e. The highest BCUT2D eigenvalue weighted by Crippen LogP contribution is 2.14. The Hall–Kier alpha value is -2.35. The summed E-state index contributed by atoms with van der Waals surface area (Å²) in [6, 6.07) is 0. The molecule has 8 nitrogen and oxygen atoms in total. The van der Waals surface area contributed by atoms with E-state index in [-0.39, 0.29) is 17.9 Å². The Labute approximate surface area is 156 Å². The molecule has 2 amide bonds. The van der Waals surface area contributed by atoms with E-state index < -0.39 is 11.4 Å². The Bertz CT molecular complexity index is 564. The molecule has 148 valence electrons. The monoisotopic (exact) mass is 367 g/mol. The van der Waals surface area contributed by atoms with Gasteiger partial charge in [-0.15, -0.1) is 0 Å². The second-order valence-electron chi connectivity index (χ2n) is 7.26. The minimum Gasteiger partial charge on any atom is -0.497 e. The third-order valence-electron chi connectivity index (χ3n) is 3.36. The van der Waals surface area contributed by atoms with Gasteiger partial charge >= 0.3 is 0 Å². The van der Waals surface area contributed by atoms with Gasteiger partial charge in [-0.2, -0.15) is 0 Å². The molecule has 0 fully saturated rings. The van der Waals surface area contributed by atoms with Crippen LogP contribution in [0.4, 0.5) is 0 Å². The van der Waals surface area contributed by atoms with E-state index in [9.17, 15) is 9.59 Å². The molecule has 0 aromatic heterocycles. The highest BCUT2D eigenvalue weighted by atomic mass is 16.5. The first-order chi connectivity index (χ1) is 11.9. The summed E-state index contributed by atoms with van der Waals surface area (Å²) >= 11 is 0. The van der Waals surface area contributed by atoms with Crippen molar-refractivity contribution >= 4 is 17.5 Å². The van der Waals surface area contributed by atoms with Gasteiger partial charge in [0.05, 0.1) is 18.9 Å². The number of hydrogen-bond acceptors (Lipinski definition) is 6. The van der Waals surface area contributed by atoms with Crippen LogP contribution in [-0.2, 0) is 14.3 Å². The SMILES string of the molecule is C=C(CNCC(NC(C)=O)(C(N)=O)C(C)=N/C=C\NC)OCC(C)(C)C. The van der Waals surface area contributed by atoms with Gasteiger partial charge in [0, 0.05) is 32.9 Å². The van der Waals surface area contributed by atoms with E-state index in [2.05, 4.69) is 48.3 Å². The summed E-state index contributed by atoms with van der Waals surface area (Å²) in [6.45, 7) is 13.9. The van der Waals surface area contributed by atoms with Crippen LogP contribution >= 0.6 is 0 Å². The maximum atomic E-state index is 12.2. The van der Waals surface area contributed by atoms with Gasteiger partial charge in [-0.25, -0.2) is 0 Å². The predicted molar refractivity (Wildman–Crippen MR) is 104 cm³/mol. The Balaban J connectivity index is 5.16. The molecule has 5 N–H and O–H groups in total. The van der Waals surface area contributed by atoms with E-state index in [1.54, 1.807) is 20.2 Å². The molecule has 0 aliphatic carbocycles. The number of hydrogen-bond donors (Lipinski definition) is 4. The standard InChI is InChI=1S/C18H33N5O3/c1-13(26-12-17(4,5)6)10-21-11-18(16(19)25,23-15(3)24)14(2)22-9-8-20-7/h8-9,20-21H,1,10-12H2,2-7H3,(H2,19,25)(H,23,24)/b9-8-,22-14?. The van der Waals surface area contributed by atoms with E-state index in [1.165, 1.54) is 13.1 Å². The van der Waals surface area contributed by atoms with Crippen molar-refractivity contribution in [3.63, 3.8) is 0 Å². The summed E-state index contributed by atoms with van der Waals surface area (Å²) < 4.78 is 5.59. The van der Waals surface area contributed by atoms with Crippen LogP contribution < -0.4 is 21.7 Å². The smallest absolute Gasteiger partial charge is 0.250 e. The van der Waals surface area contributed by atoms with E-state index in [4.69, 9.17) is 10.5 Å². The van der Waals surface area contributed by atoms with Gasteiger partial charge in [0.2, 0.25) is 11.8 Å². The number of carbonyl (C=O) groups is 2. The van der Waals surface area contributed by atoms with Crippen LogP contribution in [0.3, 0.4) is 0 Å². The van der Waals surface area contributed by atoms with E-state index >= 15 is 0 Å². The fourth-order valence-corrected chi connectivity index (χ4v) is 1.98. The van der Waals surface area contributed by atoms with E-state index in [0.29, 0.717) is 24.6 Å². The van der Waals surface area contributed by atoms with Crippen molar-refractivity contribution < 1.29 is 14.3 Å². The molecule has 8 heteroatoms. The zero-order valence-electron chi connectivity index (χ0n) is 16.7. The number of nitrogens with two attached hydrogens (primary N) is 1.